The fraction of sp³-hybridized carbons (Fsp3) is 0.818. The van der Waals surface area contributed by atoms with E-state index >= 15 is 0 Å². The lowest BCUT2D eigenvalue weighted by Gasteiger charge is -2.06. The van der Waals surface area contributed by atoms with E-state index in [9.17, 15) is 0 Å². The van der Waals surface area contributed by atoms with E-state index in [1.165, 1.54) is 0 Å². The van der Waals surface area contributed by atoms with Crippen LogP contribution in [0.15, 0.2) is 4.52 Å². The van der Waals surface area contributed by atoms with Crippen LogP contribution in [0.1, 0.15) is 43.8 Å². The second kappa shape index (κ2) is 7.35. The van der Waals surface area contributed by atoms with Crippen molar-refractivity contribution in [2.45, 2.75) is 38.5 Å². The molecule has 92 valence electrons. The third kappa shape index (κ3) is 3.90. The van der Waals surface area contributed by atoms with Gasteiger partial charge in [-0.3, -0.25) is 0 Å². The summed E-state index contributed by atoms with van der Waals surface area (Å²) in [7, 11) is 1.69. The second-order valence-corrected chi connectivity index (χ2v) is 3.87. The van der Waals surface area contributed by atoms with Crippen LogP contribution in [0, 0.1) is 0 Å². The molecule has 0 aliphatic carbocycles. The van der Waals surface area contributed by atoms with Gasteiger partial charge < -0.3 is 15.0 Å². The monoisotopic (exact) mass is 227 g/mol. The summed E-state index contributed by atoms with van der Waals surface area (Å²) in [6.07, 6.45) is 3.77. The van der Waals surface area contributed by atoms with Gasteiger partial charge in [-0.15, -0.1) is 0 Å². The molecule has 1 aromatic heterocycles. The molecule has 2 N–H and O–H groups in total. The summed E-state index contributed by atoms with van der Waals surface area (Å²) >= 11 is 0. The van der Waals surface area contributed by atoms with E-state index in [1.807, 2.05) is 0 Å². The molecule has 0 saturated carbocycles. The molecule has 0 saturated heterocycles. The summed E-state index contributed by atoms with van der Waals surface area (Å²) in [6, 6.07) is 0. The molecule has 1 heterocycles. The van der Waals surface area contributed by atoms with Crippen LogP contribution >= 0.6 is 0 Å². The SMILES string of the molecule is CCCC(CN)c1nc(CCCOC)no1. The van der Waals surface area contributed by atoms with Gasteiger partial charge >= 0.3 is 0 Å². The molecular weight excluding hydrogens is 206 g/mol. The Kier molecular flexibility index (Phi) is 6.03. The van der Waals surface area contributed by atoms with Crippen molar-refractivity contribution in [3.8, 4) is 0 Å². The maximum Gasteiger partial charge on any atom is 0.231 e. The fourth-order valence-corrected chi connectivity index (χ4v) is 1.60. The Morgan fingerprint density at radius 3 is 2.94 bits per heavy atom. The Bertz CT molecular complexity index is 289. The standard InChI is InChI=1S/C11H21N3O2/c1-3-5-9(8-12)11-13-10(14-16-11)6-4-7-15-2/h9H,3-8,12H2,1-2H3. The van der Waals surface area contributed by atoms with Crippen molar-refractivity contribution >= 4 is 0 Å². The van der Waals surface area contributed by atoms with Crippen molar-refractivity contribution in [1.29, 1.82) is 0 Å². The highest BCUT2D eigenvalue weighted by atomic mass is 16.5. The quantitative estimate of drug-likeness (QED) is 0.681. The molecule has 0 aliphatic rings. The van der Waals surface area contributed by atoms with E-state index in [-0.39, 0.29) is 5.92 Å². The van der Waals surface area contributed by atoms with Gasteiger partial charge in [0.1, 0.15) is 0 Å². The molecule has 0 spiro atoms. The minimum Gasteiger partial charge on any atom is -0.385 e. The number of ether oxygens (including phenoxy) is 1. The fourth-order valence-electron chi connectivity index (χ4n) is 1.60. The Morgan fingerprint density at radius 2 is 2.31 bits per heavy atom. The minimum atomic E-state index is 0.202. The van der Waals surface area contributed by atoms with Crippen LogP contribution in [0.4, 0.5) is 0 Å². The third-order valence-electron chi connectivity index (χ3n) is 2.50. The van der Waals surface area contributed by atoms with Crippen LogP contribution in [0.25, 0.3) is 0 Å². The Balaban J connectivity index is 2.48. The zero-order valence-electron chi connectivity index (χ0n) is 10.1. The van der Waals surface area contributed by atoms with Crippen molar-refractivity contribution in [3.05, 3.63) is 11.7 Å². The average molecular weight is 227 g/mol. The summed E-state index contributed by atoms with van der Waals surface area (Å²) in [4.78, 5) is 4.36. The predicted molar refractivity (Wildman–Crippen MR) is 61.2 cm³/mol. The summed E-state index contributed by atoms with van der Waals surface area (Å²) in [6.45, 7) is 3.41. The highest BCUT2D eigenvalue weighted by Crippen LogP contribution is 2.18. The first-order valence-electron chi connectivity index (χ1n) is 5.83. The van der Waals surface area contributed by atoms with E-state index in [2.05, 4.69) is 17.1 Å². The number of nitrogens with two attached hydrogens (primary N) is 1. The minimum absolute atomic E-state index is 0.202. The lowest BCUT2D eigenvalue weighted by atomic mass is 10.0. The van der Waals surface area contributed by atoms with Crippen molar-refractivity contribution in [2.24, 2.45) is 5.73 Å². The lowest BCUT2D eigenvalue weighted by Crippen LogP contribution is -2.12. The van der Waals surface area contributed by atoms with Crippen LogP contribution < -0.4 is 5.73 Å². The Morgan fingerprint density at radius 1 is 1.50 bits per heavy atom. The van der Waals surface area contributed by atoms with Crippen molar-refractivity contribution < 1.29 is 9.26 Å². The van der Waals surface area contributed by atoms with E-state index in [0.717, 1.165) is 38.1 Å². The Hall–Kier alpha value is -0.940. The molecule has 1 atom stereocenters. The van der Waals surface area contributed by atoms with Gasteiger partial charge in [0, 0.05) is 26.7 Å². The molecule has 16 heavy (non-hydrogen) atoms. The summed E-state index contributed by atoms with van der Waals surface area (Å²) in [5.74, 6) is 1.63. The van der Waals surface area contributed by atoms with Crippen molar-refractivity contribution in [3.63, 3.8) is 0 Å². The highest BCUT2D eigenvalue weighted by molar-refractivity contribution is 4.94. The number of hydrogen-bond acceptors (Lipinski definition) is 5. The summed E-state index contributed by atoms with van der Waals surface area (Å²) in [5, 5.41) is 3.94. The smallest absolute Gasteiger partial charge is 0.231 e. The van der Waals surface area contributed by atoms with Gasteiger partial charge in [0.2, 0.25) is 5.89 Å². The van der Waals surface area contributed by atoms with Gasteiger partial charge in [-0.2, -0.15) is 4.98 Å². The van der Waals surface area contributed by atoms with Crippen LogP contribution in [-0.2, 0) is 11.2 Å². The van der Waals surface area contributed by atoms with Gasteiger partial charge in [-0.05, 0) is 12.8 Å². The van der Waals surface area contributed by atoms with Gasteiger partial charge in [-0.25, -0.2) is 0 Å². The third-order valence-corrected chi connectivity index (χ3v) is 2.50. The molecule has 5 nitrogen and oxygen atoms in total. The number of hydrogen-bond donors (Lipinski definition) is 1. The van der Waals surface area contributed by atoms with Crippen LogP contribution in [-0.4, -0.2) is 30.4 Å². The molecule has 1 unspecified atom stereocenters. The van der Waals surface area contributed by atoms with Crippen LogP contribution in [0.2, 0.25) is 0 Å². The predicted octanol–water partition coefficient (Wildman–Crippen LogP) is 1.49. The highest BCUT2D eigenvalue weighted by Gasteiger charge is 2.16. The average Bonchev–Trinajstić information content (AvgIpc) is 2.75. The number of aryl methyl sites for hydroxylation is 1. The molecule has 1 aromatic rings. The molecule has 0 amide bonds. The Labute approximate surface area is 96.4 Å². The van der Waals surface area contributed by atoms with Gasteiger partial charge in [0.15, 0.2) is 5.82 Å². The second-order valence-electron chi connectivity index (χ2n) is 3.87. The van der Waals surface area contributed by atoms with E-state index < -0.39 is 0 Å². The first-order chi connectivity index (χ1) is 7.81. The molecule has 1 rings (SSSR count). The van der Waals surface area contributed by atoms with Crippen LogP contribution in [0.3, 0.4) is 0 Å². The summed E-state index contributed by atoms with van der Waals surface area (Å²) < 4.78 is 10.2. The molecular formula is C11H21N3O2. The van der Waals surface area contributed by atoms with Crippen LogP contribution in [0.5, 0.6) is 0 Å². The van der Waals surface area contributed by atoms with E-state index in [0.29, 0.717) is 12.4 Å². The zero-order chi connectivity index (χ0) is 11.8. The van der Waals surface area contributed by atoms with Gasteiger partial charge in [0.05, 0.1) is 5.92 Å². The number of nitrogens with zero attached hydrogens (tertiary/aromatic N) is 2. The van der Waals surface area contributed by atoms with Crippen molar-refractivity contribution in [2.75, 3.05) is 20.3 Å². The zero-order valence-corrected chi connectivity index (χ0v) is 10.1. The first-order valence-corrected chi connectivity index (χ1v) is 5.83. The lowest BCUT2D eigenvalue weighted by molar-refractivity contribution is 0.194. The maximum absolute atomic E-state index is 5.67. The molecule has 0 radical (unpaired) electrons. The topological polar surface area (TPSA) is 74.2 Å². The molecule has 0 aliphatic heterocycles. The van der Waals surface area contributed by atoms with Crippen molar-refractivity contribution in [1.82, 2.24) is 10.1 Å². The molecule has 0 bridgehead atoms. The van der Waals surface area contributed by atoms with E-state index in [4.69, 9.17) is 15.0 Å². The maximum atomic E-state index is 5.67. The normalized spacial score (nSPS) is 12.9. The molecule has 0 fully saturated rings. The van der Waals surface area contributed by atoms with Gasteiger partial charge in [-0.1, -0.05) is 18.5 Å². The number of rotatable bonds is 8. The van der Waals surface area contributed by atoms with E-state index in [1.54, 1.807) is 7.11 Å². The number of methoxy groups -OCH3 is 1. The molecule has 5 heteroatoms. The molecule has 0 aromatic carbocycles. The van der Waals surface area contributed by atoms with Gasteiger partial charge in [0.25, 0.3) is 0 Å². The summed E-state index contributed by atoms with van der Waals surface area (Å²) in [5.41, 5.74) is 5.67. The number of aromatic nitrogens is 2. The largest absolute Gasteiger partial charge is 0.385 e. The first kappa shape index (κ1) is 13.1.